The second-order valence-electron chi connectivity index (χ2n) is 9.44. The van der Waals surface area contributed by atoms with Gasteiger partial charge in [0.2, 0.25) is 0 Å². The van der Waals surface area contributed by atoms with Gasteiger partial charge < -0.3 is 0 Å². The van der Waals surface area contributed by atoms with Gasteiger partial charge in [0.25, 0.3) is 5.56 Å². The Morgan fingerprint density at radius 2 is 1.77 bits per heavy atom. The molecule has 158 valence electrons. The monoisotopic (exact) mass is 432 g/mol. The number of benzene rings is 2. The molecule has 0 radical (unpaired) electrons. The largest absolute Gasteiger partial charge is 0.300 e. The lowest BCUT2D eigenvalue weighted by Crippen LogP contribution is -2.32. The van der Waals surface area contributed by atoms with Crippen LogP contribution >= 0.6 is 11.6 Å². The maximum absolute atomic E-state index is 13.0. The number of aromatic nitrogens is 2. The van der Waals surface area contributed by atoms with Crippen molar-refractivity contribution < 1.29 is 4.79 Å². The summed E-state index contributed by atoms with van der Waals surface area (Å²) in [5, 5.41) is 0.957. The quantitative estimate of drug-likeness (QED) is 0.486. The van der Waals surface area contributed by atoms with Crippen molar-refractivity contribution in [3.05, 3.63) is 68.7 Å². The van der Waals surface area contributed by atoms with E-state index in [1.165, 1.54) is 17.5 Å². The Bertz CT molecular complexity index is 1280. The molecule has 5 heteroatoms. The van der Waals surface area contributed by atoms with Gasteiger partial charge in [-0.2, -0.15) is 4.98 Å². The molecule has 0 N–H and O–H groups in total. The van der Waals surface area contributed by atoms with E-state index < -0.39 is 0 Å². The average Bonchev–Trinajstić information content (AvgIpc) is 3.04. The van der Waals surface area contributed by atoms with Crippen LogP contribution in [0.25, 0.3) is 16.6 Å². The second kappa shape index (κ2) is 7.03. The number of carbonyl (C=O) groups excluding carboxylic acids is 1. The molecule has 0 unspecified atom stereocenters. The van der Waals surface area contributed by atoms with Crippen LogP contribution in [-0.4, -0.2) is 15.3 Å². The summed E-state index contributed by atoms with van der Waals surface area (Å²) in [6, 6.07) is 12.5. The summed E-state index contributed by atoms with van der Waals surface area (Å²) < 4.78 is 2.21. The second-order valence-corrected chi connectivity index (χ2v) is 9.85. The zero-order chi connectivity index (χ0) is 21.2. The first-order valence-electron chi connectivity index (χ1n) is 11.5. The van der Waals surface area contributed by atoms with E-state index in [1.807, 2.05) is 12.1 Å². The topological polar surface area (TPSA) is 52.0 Å². The van der Waals surface area contributed by atoms with Crippen molar-refractivity contribution in [3.8, 4) is 5.69 Å². The van der Waals surface area contributed by atoms with Crippen molar-refractivity contribution in [2.75, 3.05) is 0 Å². The fraction of sp³-hybridized carbons (Fsp3) is 0.423. The number of hydrogen-bond acceptors (Lipinski definition) is 3. The van der Waals surface area contributed by atoms with Crippen molar-refractivity contribution in [1.82, 2.24) is 9.55 Å². The Morgan fingerprint density at radius 1 is 1.00 bits per heavy atom. The van der Waals surface area contributed by atoms with Gasteiger partial charge in [0.05, 0.1) is 27.0 Å². The Hall–Kier alpha value is -2.46. The minimum Gasteiger partial charge on any atom is -0.300 e. The fourth-order valence-electron chi connectivity index (χ4n) is 6.23. The molecule has 0 bridgehead atoms. The number of ketones is 1. The van der Waals surface area contributed by atoms with E-state index in [-0.39, 0.29) is 11.0 Å². The van der Waals surface area contributed by atoms with Gasteiger partial charge in [-0.25, -0.2) is 0 Å². The number of Topliss-reactive ketones (excluding diaryl/α,β-unsaturated/α-hetero) is 1. The van der Waals surface area contributed by atoms with Crippen molar-refractivity contribution >= 4 is 28.3 Å². The van der Waals surface area contributed by atoms with Crippen LogP contribution in [0.3, 0.4) is 0 Å². The molecule has 3 aromatic rings. The normalized spacial score (nSPS) is 20.2. The van der Waals surface area contributed by atoms with Crippen LogP contribution in [0, 0.1) is 0 Å². The van der Waals surface area contributed by atoms with Crippen LogP contribution in [0.4, 0.5) is 0 Å². The first-order chi connectivity index (χ1) is 15.1. The third-order valence-corrected chi connectivity index (χ3v) is 8.11. The maximum atomic E-state index is 13.0. The van der Waals surface area contributed by atoms with Crippen molar-refractivity contribution in [1.29, 1.82) is 0 Å². The van der Waals surface area contributed by atoms with E-state index in [2.05, 4.69) is 27.8 Å². The average molecular weight is 433 g/mol. The molecule has 2 aliphatic carbocycles. The maximum Gasteiger partial charge on any atom is 0.282 e. The molecule has 31 heavy (non-hydrogen) atoms. The Kier molecular flexibility index (Phi) is 4.36. The lowest BCUT2D eigenvalue weighted by atomic mass is 9.69. The molecule has 1 aliphatic heterocycles. The molecule has 3 aliphatic rings. The molecule has 4 nitrogen and oxygen atoms in total. The standard InChI is InChI=1S/C26H25ClN2O2/c27-20-5-4-6-21-23(20)24(31)28-25-26(13-2-1-3-14-26)19-12-9-17(15-22(19)29(21)25)16-7-10-18(30)11-8-16/h4-6,9,12,15-16H,1-3,7-8,10-11,13-14H2. The zero-order valence-corrected chi connectivity index (χ0v) is 18.3. The van der Waals surface area contributed by atoms with Crippen LogP contribution in [-0.2, 0) is 10.2 Å². The summed E-state index contributed by atoms with van der Waals surface area (Å²) >= 11 is 6.45. The minimum atomic E-state index is -0.226. The third-order valence-electron chi connectivity index (χ3n) is 7.79. The van der Waals surface area contributed by atoms with Gasteiger partial charge in [-0.1, -0.05) is 49.1 Å². The van der Waals surface area contributed by atoms with E-state index in [4.69, 9.17) is 11.6 Å². The Labute approximate surface area is 186 Å². The fourth-order valence-corrected chi connectivity index (χ4v) is 6.48. The lowest BCUT2D eigenvalue weighted by molar-refractivity contribution is -0.120. The van der Waals surface area contributed by atoms with Crippen molar-refractivity contribution in [2.24, 2.45) is 0 Å². The molecule has 2 aromatic carbocycles. The number of rotatable bonds is 1. The summed E-state index contributed by atoms with van der Waals surface area (Å²) in [5.41, 5.74) is 4.16. The highest BCUT2D eigenvalue weighted by Crippen LogP contribution is 2.52. The molecule has 2 heterocycles. The molecule has 6 rings (SSSR count). The first kappa shape index (κ1) is 19.2. The summed E-state index contributed by atoms with van der Waals surface area (Å²) in [6.07, 6.45) is 8.77. The van der Waals surface area contributed by atoms with Gasteiger partial charge in [-0.3, -0.25) is 14.2 Å². The summed E-state index contributed by atoms with van der Waals surface area (Å²) in [5.74, 6) is 1.68. The Morgan fingerprint density at radius 3 is 2.55 bits per heavy atom. The molecule has 1 spiro atoms. The molecule has 1 aromatic heterocycles. The predicted molar refractivity (Wildman–Crippen MR) is 122 cm³/mol. The highest BCUT2D eigenvalue weighted by molar-refractivity contribution is 6.35. The zero-order valence-electron chi connectivity index (χ0n) is 17.5. The molecular weight excluding hydrogens is 408 g/mol. The van der Waals surface area contributed by atoms with Gasteiger partial charge in [0.1, 0.15) is 11.6 Å². The SMILES string of the molecule is O=C1CCC(c2ccc3c(c2)-n2c(nc(=O)c4c(Cl)cccc42)C32CCCCC2)CC1. The van der Waals surface area contributed by atoms with Gasteiger partial charge >= 0.3 is 0 Å². The summed E-state index contributed by atoms with van der Waals surface area (Å²) in [7, 11) is 0. The van der Waals surface area contributed by atoms with Crippen molar-refractivity contribution in [3.63, 3.8) is 0 Å². The number of hydrogen-bond donors (Lipinski definition) is 0. The van der Waals surface area contributed by atoms with Gasteiger partial charge in [-0.15, -0.1) is 0 Å². The van der Waals surface area contributed by atoms with E-state index >= 15 is 0 Å². The number of carbonyl (C=O) groups is 1. The van der Waals surface area contributed by atoms with Crippen molar-refractivity contribution in [2.45, 2.75) is 69.1 Å². The summed E-state index contributed by atoms with van der Waals surface area (Å²) in [6.45, 7) is 0. The van der Waals surface area contributed by atoms with Gasteiger partial charge in [-0.05, 0) is 60.9 Å². The smallest absolute Gasteiger partial charge is 0.282 e. The molecule has 0 saturated heterocycles. The molecule has 0 amide bonds. The summed E-state index contributed by atoms with van der Waals surface area (Å²) in [4.78, 5) is 29.5. The molecular formula is C26H25ClN2O2. The molecule has 0 atom stereocenters. The van der Waals surface area contributed by atoms with Crippen LogP contribution in [0.15, 0.2) is 41.2 Å². The number of nitrogens with zero attached hydrogens (tertiary/aromatic N) is 2. The van der Waals surface area contributed by atoms with E-state index in [9.17, 15) is 9.59 Å². The molecule has 2 fully saturated rings. The van der Waals surface area contributed by atoms with E-state index in [0.717, 1.165) is 55.6 Å². The van der Waals surface area contributed by atoms with Gasteiger partial charge in [0.15, 0.2) is 0 Å². The van der Waals surface area contributed by atoms with Crippen LogP contribution in [0.1, 0.15) is 80.7 Å². The van der Waals surface area contributed by atoms with E-state index in [1.54, 1.807) is 6.07 Å². The third kappa shape index (κ3) is 2.77. The number of halogens is 1. The van der Waals surface area contributed by atoms with Crippen LogP contribution in [0.5, 0.6) is 0 Å². The van der Waals surface area contributed by atoms with Crippen LogP contribution in [0.2, 0.25) is 5.02 Å². The highest BCUT2D eigenvalue weighted by atomic mass is 35.5. The minimum absolute atomic E-state index is 0.190. The Balaban J connectivity index is 1.62. The first-order valence-corrected chi connectivity index (χ1v) is 11.8. The highest BCUT2D eigenvalue weighted by Gasteiger charge is 2.46. The molecule has 2 saturated carbocycles. The van der Waals surface area contributed by atoms with Gasteiger partial charge in [0, 0.05) is 12.8 Å². The predicted octanol–water partition coefficient (Wildman–Crippen LogP) is 5.83. The lowest BCUT2D eigenvalue weighted by Gasteiger charge is -2.33. The van der Waals surface area contributed by atoms with Crippen LogP contribution < -0.4 is 5.56 Å². The number of fused-ring (bicyclic) bond motifs is 7. The van der Waals surface area contributed by atoms with E-state index in [0.29, 0.717) is 35.0 Å².